The van der Waals surface area contributed by atoms with E-state index in [1.807, 2.05) is 19.1 Å². The maximum absolute atomic E-state index is 12.3. The van der Waals surface area contributed by atoms with Gasteiger partial charge in [-0.15, -0.1) is 0 Å². The van der Waals surface area contributed by atoms with Crippen molar-refractivity contribution in [1.29, 1.82) is 0 Å². The van der Waals surface area contributed by atoms with Gasteiger partial charge in [0.15, 0.2) is 0 Å². The summed E-state index contributed by atoms with van der Waals surface area (Å²) in [6.45, 7) is 3.07. The van der Waals surface area contributed by atoms with Gasteiger partial charge >= 0.3 is 0 Å². The molecule has 2 amide bonds. The van der Waals surface area contributed by atoms with Crippen LogP contribution in [-0.2, 0) is 9.59 Å². The van der Waals surface area contributed by atoms with Crippen molar-refractivity contribution in [3.63, 3.8) is 0 Å². The number of benzene rings is 1. The second-order valence-corrected chi connectivity index (χ2v) is 5.31. The number of nitrogens with zero attached hydrogens (tertiary/aromatic N) is 1. The number of piperazine rings is 1. The lowest BCUT2D eigenvalue weighted by molar-refractivity contribution is -0.143. The van der Waals surface area contributed by atoms with E-state index in [0.717, 1.165) is 12.8 Å². The molecule has 108 valence electrons. The van der Waals surface area contributed by atoms with Crippen LogP contribution < -0.4 is 5.32 Å². The van der Waals surface area contributed by atoms with Crippen LogP contribution in [0.3, 0.4) is 0 Å². The van der Waals surface area contributed by atoms with E-state index in [1.165, 1.54) is 0 Å². The Morgan fingerprint density at radius 1 is 1.45 bits per heavy atom. The molecule has 0 radical (unpaired) electrons. The van der Waals surface area contributed by atoms with Crippen molar-refractivity contribution >= 4 is 23.4 Å². The van der Waals surface area contributed by atoms with Crippen LogP contribution in [0.1, 0.15) is 37.8 Å². The molecule has 0 saturated carbocycles. The van der Waals surface area contributed by atoms with E-state index in [9.17, 15) is 9.59 Å². The van der Waals surface area contributed by atoms with Gasteiger partial charge in [0, 0.05) is 30.1 Å². The summed E-state index contributed by atoms with van der Waals surface area (Å²) < 4.78 is 0. The zero-order valence-corrected chi connectivity index (χ0v) is 12.3. The van der Waals surface area contributed by atoms with Gasteiger partial charge in [0.05, 0.1) is 0 Å². The molecular formula is C15H19ClN2O2. The summed E-state index contributed by atoms with van der Waals surface area (Å²) in [4.78, 5) is 26.1. The molecule has 1 saturated heterocycles. The molecule has 5 heteroatoms. The summed E-state index contributed by atoms with van der Waals surface area (Å²) in [5, 5.41) is 3.32. The topological polar surface area (TPSA) is 49.4 Å². The van der Waals surface area contributed by atoms with Crippen LogP contribution >= 0.6 is 11.6 Å². The first-order valence-corrected chi connectivity index (χ1v) is 7.34. The summed E-state index contributed by atoms with van der Waals surface area (Å²) in [7, 11) is 0. The van der Waals surface area contributed by atoms with E-state index < -0.39 is 6.04 Å². The molecule has 1 heterocycles. The van der Waals surface area contributed by atoms with Gasteiger partial charge < -0.3 is 10.2 Å². The van der Waals surface area contributed by atoms with Gasteiger partial charge in [-0.05, 0) is 12.5 Å². The molecule has 0 aromatic heterocycles. The van der Waals surface area contributed by atoms with Gasteiger partial charge in [-0.3, -0.25) is 9.59 Å². The first-order chi connectivity index (χ1) is 9.65. The molecule has 1 atom stereocenters. The molecule has 1 fully saturated rings. The lowest BCUT2D eigenvalue weighted by Gasteiger charge is -2.35. The second-order valence-electron chi connectivity index (χ2n) is 4.91. The first-order valence-electron chi connectivity index (χ1n) is 6.96. The van der Waals surface area contributed by atoms with Crippen molar-refractivity contribution in [2.24, 2.45) is 0 Å². The lowest BCUT2D eigenvalue weighted by atomic mass is 10.0. The third kappa shape index (κ3) is 3.12. The molecule has 4 nitrogen and oxygen atoms in total. The Kier molecular flexibility index (Phi) is 5.01. The number of nitrogens with one attached hydrogen (secondary N) is 1. The van der Waals surface area contributed by atoms with Crippen molar-refractivity contribution < 1.29 is 9.59 Å². The second kappa shape index (κ2) is 6.75. The number of carbonyl (C=O) groups excluding carboxylic acids is 2. The largest absolute Gasteiger partial charge is 0.352 e. The van der Waals surface area contributed by atoms with Crippen LogP contribution in [0.2, 0.25) is 5.02 Å². The number of hydrogen-bond donors (Lipinski definition) is 1. The molecule has 1 aromatic rings. The standard InChI is InChI=1S/C15H19ClN2O2/c1-2-3-8-13(19)18-10-9-17-15(20)14(18)11-6-4-5-7-12(11)16/h4-7,14H,2-3,8-10H2,1H3,(H,17,20). The monoisotopic (exact) mass is 294 g/mol. The summed E-state index contributed by atoms with van der Waals surface area (Å²) in [6.07, 6.45) is 2.28. The number of unbranched alkanes of at least 4 members (excludes halogenated alkanes) is 1. The zero-order valence-electron chi connectivity index (χ0n) is 11.6. The molecule has 1 unspecified atom stereocenters. The van der Waals surface area contributed by atoms with Crippen LogP contribution in [0.25, 0.3) is 0 Å². The summed E-state index contributed by atoms with van der Waals surface area (Å²) >= 11 is 6.18. The van der Waals surface area contributed by atoms with Crippen molar-refractivity contribution in [3.05, 3.63) is 34.9 Å². The van der Waals surface area contributed by atoms with E-state index in [4.69, 9.17) is 11.6 Å². The van der Waals surface area contributed by atoms with E-state index in [0.29, 0.717) is 30.1 Å². The van der Waals surface area contributed by atoms with Gasteiger partial charge in [0.1, 0.15) is 6.04 Å². The molecule has 1 aliphatic rings. The molecule has 2 rings (SSSR count). The molecular weight excluding hydrogens is 276 g/mol. The van der Waals surface area contributed by atoms with Crippen LogP contribution in [0.4, 0.5) is 0 Å². The maximum Gasteiger partial charge on any atom is 0.247 e. The molecule has 0 aliphatic carbocycles. The highest BCUT2D eigenvalue weighted by Gasteiger charge is 2.34. The Hall–Kier alpha value is -1.55. The average molecular weight is 295 g/mol. The molecule has 20 heavy (non-hydrogen) atoms. The highest BCUT2D eigenvalue weighted by molar-refractivity contribution is 6.31. The average Bonchev–Trinajstić information content (AvgIpc) is 2.45. The van der Waals surface area contributed by atoms with Gasteiger partial charge in [-0.25, -0.2) is 0 Å². The normalized spacial score (nSPS) is 18.8. The zero-order chi connectivity index (χ0) is 14.5. The Bertz CT molecular complexity index is 504. The highest BCUT2D eigenvalue weighted by Crippen LogP contribution is 2.29. The number of halogens is 1. The van der Waals surface area contributed by atoms with E-state index >= 15 is 0 Å². The fourth-order valence-corrected chi connectivity index (χ4v) is 2.65. The fourth-order valence-electron chi connectivity index (χ4n) is 2.41. The Morgan fingerprint density at radius 2 is 2.20 bits per heavy atom. The summed E-state index contributed by atoms with van der Waals surface area (Å²) in [5.41, 5.74) is 0.691. The molecule has 1 N–H and O–H groups in total. The summed E-state index contributed by atoms with van der Waals surface area (Å²) in [5.74, 6) is -0.138. The van der Waals surface area contributed by atoms with Crippen molar-refractivity contribution in [2.45, 2.75) is 32.2 Å². The Morgan fingerprint density at radius 3 is 2.90 bits per heavy atom. The third-order valence-electron chi connectivity index (χ3n) is 3.48. The van der Waals surface area contributed by atoms with Gasteiger partial charge in [0.2, 0.25) is 11.8 Å². The number of carbonyl (C=O) groups is 2. The SMILES string of the molecule is CCCCC(=O)N1CCNC(=O)C1c1ccccc1Cl. The van der Waals surface area contributed by atoms with Crippen LogP contribution in [-0.4, -0.2) is 29.8 Å². The minimum atomic E-state index is -0.609. The number of hydrogen-bond acceptors (Lipinski definition) is 2. The molecule has 1 aliphatic heterocycles. The number of amides is 2. The first kappa shape index (κ1) is 14.9. The molecule has 1 aromatic carbocycles. The van der Waals surface area contributed by atoms with Crippen molar-refractivity contribution in [2.75, 3.05) is 13.1 Å². The smallest absolute Gasteiger partial charge is 0.247 e. The minimum absolute atomic E-state index is 0.0200. The van der Waals surface area contributed by atoms with E-state index in [1.54, 1.807) is 17.0 Å². The highest BCUT2D eigenvalue weighted by atomic mass is 35.5. The Balaban J connectivity index is 2.27. The lowest BCUT2D eigenvalue weighted by Crippen LogP contribution is -2.52. The minimum Gasteiger partial charge on any atom is -0.352 e. The predicted octanol–water partition coefficient (Wildman–Crippen LogP) is 2.53. The van der Waals surface area contributed by atoms with Gasteiger partial charge in [-0.2, -0.15) is 0 Å². The predicted molar refractivity (Wildman–Crippen MR) is 78.4 cm³/mol. The summed E-state index contributed by atoms with van der Waals surface area (Å²) in [6, 6.07) is 6.58. The third-order valence-corrected chi connectivity index (χ3v) is 3.82. The maximum atomic E-state index is 12.3. The van der Waals surface area contributed by atoms with Gasteiger partial charge in [0.25, 0.3) is 0 Å². The van der Waals surface area contributed by atoms with Crippen molar-refractivity contribution in [1.82, 2.24) is 10.2 Å². The molecule has 0 spiro atoms. The van der Waals surface area contributed by atoms with Crippen LogP contribution in [0.5, 0.6) is 0 Å². The van der Waals surface area contributed by atoms with E-state index in [-0.39, 0.29) is 11.8 Å². The fraction of sp³-hybridized carbons (Fsp3) is 0.467. The molecule has 0 bridgehead atoms. The quantitative estimate of drug-likeness (QED) is 0.928. The van der Waals surface area contributed by atoms with Crippen LogP contribution in [0, 0.1) is 0 Å². The van der Waals surface area contributed by atoms with Crippen molar-refractivity contribution in [3.8, 4) is 0 Å². The van der Waals surface area contributed by atoms with Crippen LogP contribution in [0.15, 0.2) is 24.3 Å². The van der Waals surface area contributed by atoms with E-state index in [2.05, 4.69) is 5.32 Å². The van der Waals surface area contributed by atoms with Gasteiger partial charge in [-0.1, -0.05) is 43.1 Å². The Labute approximate surface area is 124 Å². The number of rotatable bonds is 4.